The number of nitrogens with one attached hydrogen (secondary N) is 1. The van der Waals surface area contributed by atoms with Gasteiger partial charge in [0.2, 0.25) is 0 Å². The van der Waals surface area contributed by atoms with Crippen molar-refractivity contribution in [2.75, 3.05) is 25.0 Å². The maximum Gasteiger partial charge on any atom is 0.282 e. The van der Waals surface area contributed by atoms with Gasteiger partial charge in [-0.3, -0.25) is 14.9 Å². The Bertz CT molecular complexity index is 941. The smallest absolute Gasteiger partial charge is 0.282 e. The largest absolute Gasteiger partial charge is 0.493 e. The summed E-state index contributed by atoms with van der Waals surface area (Å²) in [4.78, 5) is 25.3. The topological polar surface area (TPSA) is 84.7 Å². The van der Waals surface area contributed by atoms with Crippen LogP contribution in [0.5, 0.6) is 5.75 Å². The van der Waals surface area contributed by atoms with Crippen LogP contribution < -0.4 is 10.1 Å². The highest BCUT2D eigenvalue weighted by molar-refractivity contribution is 9.10. The molecule has 4 rings (SSSR count). The van der Waals surface area contributed by atoms with Crippen molar-refractivity contribution in [2.24, 2.45) is 0 Å². The maximum atomic E-state index is 12.8. The standard InChI is InChI=1S/C20H20BrN3O4/c21-15-9-13-5-8-28-19(13)14(10-15)12-22-16-3-4-18(24(26)27)17(11-16)20(25)23-6-1-2-7-23/h3-4,9-11,22H,1-2,5-8,12H2. The Balaban J connectivity index is 1.58. The second-order valence-electron chi connectivity index (χ2n) is 6.99. The number of nitrogens with zero attached hydrogens (tertiary/aromatic N) is 2. The molecule has 8 heteroatoms. The minimum absolute atomic E-state index is 0.132. The number of carbonyl (C=O) groups excluding carboxylic acids is 1. The summed E-state index contributed by atoms with van der Waals surface area (Å²) in [5.74, 6) is 0.616. The molecular weight excluding hydrogens is 426 g/mol. The number of anilines is 1. The second-order valence-corrected chi connectivity index (χ2v) is 7.91. The van der Waals surface area contributed by atoms with Gasteiger partial charge >= 0.3 is 0 Å². The molecule has 0 bridgehead atoms. The predicted molar refractivity (Wildman–Crippen MR) is 109 cm³/mol. The van der Waals surface area contributed by atoms with Crippen LogP contribution in [-0.4, -0.2) is 35.4 Å². The van der Waals surface area contributed by atoms with E-state index in [1.165, 1.54) is 11.6 Å². The molecule has 1 saturated heterocycles. The molecule has 0 spiro atoms. The Morgan fingerprint density at radius 1 is 1.25 bits per heavy atom. The number of rotatable bonds is 5. The van der Waals surface area contributed by atoms with Gasteiger partial charge in [-0.25, -0.2) is 0 Å². The summed E-state index contributed by atoms with van der Waals surface area (Å²) in [6.45, 7) is 2.46. The summed E-state index contributed by atoms with van der Waals surface area (Å²) >= 11 is 3.53. The lowest BCUT2D eigenvalue weighted by atomic mass is 10.1. The van der Waals surface area contributed by atoms with Crippen molar-refractivity contribution in [3.05, 3.63) is 61.6 Å². The van der Waals surface area contributed by atoms with Crippen molar-refractivity contribution in [1.82, 2.24) is 4.90 Å². The fourth-order valence-electron chi connectivity index (χ4n) is 3.74. The molecule has 1 amide bonds. The maximum absolute atomic E-state index is 12.8. The van der Waals surface area contributed by atoms with Gasteiger partial charge in [-0.2, -0.15) is 0 Å². The van der Waals surface area contributed by atoms with E-state index in [-0.39, 0.29) is 17.2 Å². The van der Waals surface area contributed by atoms with Crippen LogP contribution in [0.25, 0.3) is 0 Å². The first-order valence-corrected chi connectivity index (χ1v) is 10.1. The third kappa shape index (κ3) is 3.69. The molecule has 0 saturated carbocycles. The first kappa shape index (κ1) is 18.7. The Labute approximate surface area is 171 Å². The molecule has 2 aromatic carbocycles. The van der Waals surface area contributed by atoms with E-state index in [9.17, 15) is 14.9 Å². The van der Waals surface area contributed by atoms with Gasteiger partial charge in [0.1, 0.15) is 11.3 Å². The lowest BCUT2D eigenvalue weighted by Gasteiger charge is -2.16. The van der Waals surface area contributed by atoms with E-state index in [0.717, 1.165) is 35.0 Å². The van der Waals surface area contributed by atoms with Gasteiger partial charge in [-0.15, -0.1) is 0 Å². The fraction of sp³-hybridized carbons (Fsp3) is 0.350. The lowest BCUT2D eigenvalue weighted by Crippen LogP contribution is -2.28. The number of benzene rings is 2. The normalized spacial score (nSPS) is 15.2. The molecule has 2 aliphatic heterocycles. The predicted octanol–water partition coefficient (Wildman–Crippen LogP) is 4.14. The molecule has 1 N–H and O–H groups in total. The van der Waals surface area contributed by atoms with Crippen LogP contribution in [-0.2, 0) is 13.0 Å². The molecule has 2 aromatic rings. The van der Waals surface area contributed by atoms with E-state index < -0.39 is 4.92 Å². The summed E-state index contributed by atoms with van der Waals surface area (Å²) in [5.41, 5.74) is 2.81. The summed E-state index contributed by atoms with van der Waals surface area (Å²) in [6.07, 6.45) is 2.75. The van der Waals surface area contributed by atoms with Crippen LogP contribution in [0.15, 0.2) is 34.8 Å². The van der Waals surface area contributed by atoms with E-state index in [2.05, 4.69) is 27.3 Å². The summed E-state index contributed by atoms with van der Waals surface area (Å²) in [5, 5.41) is 14.7. The number of amides is 1. The molecule has 7 nitrogen and oxygen atoms in total. The van der Waals surface area contributed by atoms with Gasteiger partial charge in [0.05, 0.1) is 11.5 Å². The van der Waals surface area contributed by atoms with Gasteiger partial charge in [0.15, 0.2) is 0 Å². The van der Waals surface area contributed by atoms with Crippen LogP contribution in [0.4, 0.5) is 11.4 Å². The van der Waals surface area contributed by atoms with E-state index in [1.807, 2.05) is 6.07 Å². The average molecular weight is 446 g/mol. The number of nitro benzene ring substituents is 1. The second kappa shape index (κ2) is 7.79. The fourth-order valence-corrected chi connectivity index (χ4v) is 4.29. The Morgan fingerprint density at radius 3 is 2.79 bits per heavy atom. The first-order valence-electron chi connectivity index (χ1n) is 9.28. The van der Waals surface area contributed by atoms with Crippen molar-refractivity contribution >= 4 is 33.2 Å². The highest BCUT2D eigenvalue weighted by Crippen LogP contribution is 2.34. The van der Waals surface area contributed by atoms with Gasteiger partial charge < -0.3 is 15.0 Å². The van der Waals surface area contributed by atoms with E-state index in [1.54, 1.807) is 17.0 Å². The number of hydrogen-bond acceptors (Lipinski definition) is 5. The zero-order valence-corrected chi connectivity index (χ0v) is 16.8. The SMILES string of the molecule is O=C(c1cc(NCc2cc(Br)cc3c2OCC3)ccc1[N+](=O)[O-])N1CCCC1. The minimum Gasteiger partial charge on any atom is -0.493 e. The quantitative estimate of drug-likeness (QED) is 0.551. The molecule has 0 aliphatic carbocycles. The average Bonchev–Trinajstić information content (AvgIpc) is 3.36. The Hall–Kier alpha value is -2.61. The van der Waals surface area contributed by atoms with E-state index >= 15 is 0 Å². The first-order chi connectivity index (χ1) is 13.5. The number of nitro groups is 1. The third-order valence-corrected chi connectivity index (χ3v) is 5.58. The summed E-state index contributed by atoms with van der Waals surface area (Å²) in [7, 11) is 0. The molecule has 2 aliphatic rings. The van der Waals surface area contributed by atoms with Crippen LogP contribution in [0.1, 0.15) is 34.3 Å². The zero-order valence-electron chi connectivity index (χ0n) is 15.2. The van der Waals surface area contributed by atoms with Crippen molar-refractivity contribution in [1.29, 1.82) is 0 Å². The van der Waals surface area contributed by atoms with Crippen LogP contribution in [0.3, 0.4) is 0 Å². The molecule has 0 aromatic heterocycles. The van der Waals surface area contributed by atoms with Crippen LogP contribution in [0.2, 0.25) is 0 Å². The Kier molecular flexibility index (Phi) is 5.21. The number of hydrogen-bond donors (Lipinski definition) is 1. The summed E-state index contributed by atoms with van der Waals surface area (Å²) < 4.78 is 6.73. The lowest BCUT2D eigenvalue weighted by molar-refractivity contribution is -0.385. The number of ether oxygens (including phenoxy) is 1. The number of fused-ring (bicyclic) bond motifs is 1. The van der Waals surface area contributed by atoms with Crippen molar-refractivity contribution in [2.45, 2.75) is 25.8 Å². The highest BCUT2D eigenvalue weighted by atomic mass is 79.9. The van der Waals surface area contributed by atoms with Crippen molar-refractivity contribution in [3.63, 3.8) is 0 Å². The summed E-state index contributed by atoms with van der Waals surface area (Å²) in [6, 6.07) is 8.67. The van der Waals surface area contributed by atoms with Gasteiger partial charge in [-0.1, -0.05) is 15.9 Å². The van der Waals surface area contributed by atoms with Crippen LogP contribution in [0, 0.1) is 10.1 Å². The van der Waals surface area contributed by atoms with Gasteiger partial charge in [0.25, 0.3) is 11.6 Å². The van der Waals surface area contributed by atoms with Crippen LogP contribution >= 0.6 is 15.9 Å². The zero-order chi connectivity index (χ0) is 19.7. The van der Waals surface area contributed by atoms with Gasteiger partial charge in [-0.05, 0) is 42.7 Å². The molecular formula is C20H20BrN3O4. The van der Waals surface area contributed by atoms with E-state index in [4.69, 9.17) is 4.74 Å². The number of likely N-dealkylation sites (tertiary alicyclic amines) is 1. The van der Waals surface area contributed by atoms with E-state index in [0.29, 0.717) is 31.9 Å². The monoisotopic (exact) mass is 445 g/mol. The number of halogens is 1. The third-order valence-electron chi connectivity index (χ3n) is 5.13. The molecule has 28 heavy (non-hydrogen) atoms. The minimum atomic E-state index is -0.498. The molecule has 1 fully saturated rings. The highest BCUT2D eigenvalue weighted by Gasteiger charge is 2.27. The Morgan fingerprint density at radius 2 is 2.04 bits per heavy atom. The number of carbonyl (C=O) groups is 1. The van der Waals surface area contributed by atoms with Crippen molar-refractivity contribution < 1.29 is 14.5 Å². The molecule has 146 valence electrons. The molecule has 0 atom stereocenters. The molecule has 0 unspecified atom stereocenters. The molecule has 0 radical (unpaired) electrons. The molecule has 2 heterocycles. The van der Waals surface area contributed by atoms with Gasteiger partial charge in [0, 0.05) is 47.8 Å². The van der Waals surface area contributed by atoms with Crippen molar-refractivity contribution in [3.8, 4) is 5.75 Å².